The van der Waals surface area contributed by atoms with Gasteiger partial charge in [0, 0.05) is 30.7 Å². The zero-order valence-electron chi connectivity index (χ0n) is 13.2. The van der Waals surface area contributed by atoms with E-state index in [-0.39, 0.29) is 5.41 Å². The molecule has 118 valence electrons. The average molecular weight is 310 g/mol. The molecule has 0 radical (unpaired) electrons. The molecule has 3 aromatic rings. The summed E-state index contributed by atoms with van der Waals surface area (Å²) in [4.78, 5) is 11.1. The molecular formula is C16H18N6O. The summed E-state index contributed by atoms with van der Waals surface area (Å²) < 4.78 is 7.25. The molecule has 0 bridgehead atoms. The van der Waals surface area contributed by atoms with Crippen LogP contribution < -0.4 is 0 Å². The van der Waals surface area contributed by atoms with Gasteiger partial charge in [-0.05, 0) is 45.1 Å². The Hall–Kier alpha value is -2.54. The fourth-order valence-electron chi connectivity index (χ4n) is 2.84. The number of nitrogens with zero attached hydrogens (tertiary/aromatic N) is 6. The van der Waals surface area contributed by atoms with E-state index in [9.17, 15) is 0 Å². The van der Waals surface area contributed by atoms with Gasteiger partial charge in [0.1, 0.15) is 0 Å². The molecule has 0 aliphatic heterocycles. The lowest BCUT2D eigenvalue weighted by atomic mass is 10.1. The van der Waals surface area contributed by atoms with Crippen molar-refractivity contribution < 1.29 is 4.52 Å². The van der Waals surface area contributed by atoms with Gasteiger partial charge in [0.25, 0.3) is 0 Å². The van der Waals surface area contributed by atoms with E-state index >= 15 is 0 Å². The van der Waals surface area contributed by atoms with Crippen molar-refractivity contribution in [3.8, 4) is 17.2 Å². The molecular weight excluding hydrogens is 292 g/mol. The van der Waals surface area contributed by atoms with Crippen LogP contribution in [-0.4, -0.2) is 50.4 Å². The zero-order chi connectivity index (χ0) is 15.9. The Bertz CT molecular complexity index is 804. The second kappa shape index (κ2) is 5.27. The van der Waals surface area contributed by atoms with Gasteiger partial charge in [-0.1, -0.05) is 5.16 Å². The highest BCUT2D eigenvalue weighted by atomic mass is 16.5. The Kier molecular flexibility index (Phi) is 3.23. The largest absolute Gasteiger partial charge is 0.338 e. The van der Waals surface area contributed by atoms with Gasteiger partial charge in [0.2, 0.25) is 11.7 Å². The molecule has 4 rings (SSSR count). The van der Waals surface area contributed by atoms with Crippen molar-refractivity contribution in [3.05, 3.63) is 42.7 Å². The summed E-state index contributed by atoms with van der Waals surface area (Å²) in [5.74, 6) is 2.06. The first-order valence-corrected chi connectivity index (χ1v) is 7.62. The number of rotatable bonds is 5. The monoisotopic (exact) mass is 310 g/mol. The second-order valence-corrected chi connectivity index (χ2v) is 6.29. The van der Waals surface area contributed by atoms with Gasteiger partial charge in [-0.25, -0.2) is 9.67 Å². The van der Waals surface area contributed by atoms with E-state index in [0.29, 0.717) is 5.82 Å². The van der Waals surface area contributed by atoms with Gasteiger partial charge >= 0.3 is 0 Å². The van der Waals surface area contributed by atoms with Crippen molar-refractivity contribution in [2.75, 3.05) is 20.6 Å². The minimum Gasteiger partial charge on any atom is -0.338 e. The Morgan fingerprint density at radius 2 is 2.17 bits per heavy atom. The lowest BCUT2D eigenvalue weighted by Gasteiger charge is -2.15. The number of pyridine rings is 1. The Morgan fingerprint density at radius 1 is 1.30 bits per heavy atom. The van der Waals surface area contributed by atoms with Crippen LogP contribution in [0.5, 0.6) is 0 Å². The smallest absolute Gasteiger partial charge is 0.234 e. The fourth-order valence-corrected chi connectivity index (χ4v) is 2.84. The van der Waals surface area contributed by atoms with Crippen LogP contribution in [0.2, 0.25) is 0 Å². The zero-order valence-corrected chi connectivity index (χ0v) is 13.2. The second-order valence-electron chi connectivity index (χ2n) is 6.29. The average Bonchev–Trinajstić information content (AvgIpc) is 3.01. The summed E-state index contributed by atoms with van der Waals surface area (Å²) >= 11 is 0. The summed E-state index contributed by atoms with van der Waals surface area (Å²) in [5, 5.41) is 8.35. The third kappa shape index (κ3) is 2.63. The predicted molar refractivity (Wildman–Crippen MR) is 84.1 cm³/mol. The summed E-state index contributed by atoms with van der Waals surface area (Å²) in [5.41, 5.74) is 0.910. The van der Waals surface area contributed by atoms with Crippen LogP contribution in [0.3, 0.4) is 0 Å². The summed E-state index contributed by atoms with van der Waals surface area (Å²) in [6.45, 7) is 0.934. The Morgan fingerprint density at radius 3 is 2.87 bits per heavy atom. The highest BCUT2D eigenvalue weighted by Crippen LogP contribution is 2.48. The molecule has 0 amide bonds. The quantitative estimate of drug-likeness (QED) is 0.717. The minimum absolute atomic E-state index is 0.0343. The molecule has 0 spiro atoms. The number of hydrogen-bond acceptors (Lipinski definition) is 6. The van der Waals surface area contributed by atoms with Crippen molar-refractivity contribution in [2.45, 2.75) is 18.3 Å². The maximum absolute atomic E-state index is 5.55. The van der Waals surface area contributed by atoms with E-state index < -0.39 is 0 Å². The van der Waals surface area contributed by atoms with Gasteiger partial charge in [-0.2, -0.15) is 10.1 Å². The molecule has 0 unspecified atom stereocenters. The van der Waals surface area contributed by atoms with Crippen LogP contribution in [0.15, 0.2) is 41.3 Å². The number of hydrogen-bond donors (Lipinski definition) is 0. The summed E-state index contributed by atoms with van der Waals surface area (Å²) in [6, 6.07) is 5.65. The van der Waals surface area contributed by atoms with E-state index in [1.54, 1.807) is 17.1 Å². The van der Waals surface area contributed by atoms with Crippen molar-refractivity contribution in [3.63, 3.8) is 0 Å². The van der Waals surface area contributed by atoms with Crippen molar-refractivity contribution >= 4 is 0 Å². The maximum Gasteiger partial charge on any atom is 0.234 e. The molecule has 7 nitrogen and oxygen atoms in total. The van der Waals surface area contributed by atoms with Gasteiger partial charge in [0.15, 0.2) is 5.82 Å². The minimum atomic E-state index is 0.0343. The lowest BCUT2D eigenvalue weighted by molar-refractivity contribution is 0.291. The summed E-state index contributed by atoms with van der Waals surface area (Å²) in [6.07, 6.45) is 7.50. The number of aromatic nitrogens is 5. The molecule has 3 heterocycles. The normalized spacial score (nSPS) is 16.0. The van der Waals surface area contributed by atoms with Gasteiger partial charge in [0.05, 0.1) is 5.41 Å². The fraction of sp³-hybridized carbons (Fsp3) is 0.375. The first kappa shape index (κ1) is 14.1. The molecule has 1 fully saturated rings. The molecule has 0 N–H and O–H groups in total. The van der Waals surface area contributed by atoms with Crippen molar-refractivity contribution in [2.24, 2.45) is 0 Å². The molecule has 23 heavy (non-hydrogen) atoms. The first-order chi connectivity index (χ1) is 11.2. The molecule has 0 saturated heterocycles. The van der Waals surface area contributed by atoms with E-state index in [4.69, 9.17) is 4.52 Å². The van der Waals surface area contributed by atoms with Gasteiger partial charge in [-0.15, -0.1) is 0 Å². The molecule has 1 saturated carbocycles. The standard InChI is InChI=1S/C16H18N6O/c1-21(2)11-16(5-6-16)15-19-14(20-23-15)12-4-8-17-13(10-12)22-9-3-7-18-22/h3-4,7-10H,5-6,11H2,1-2H3. The molecule has 0 aromatic carbocycles. The van der Waals surface area contributed by atoms with Gasteiger partial charge in [-0.3, -0.25) is 0 Å². The van der Waals surface area contributed by atoms with Crippen LogP contribution in [0.4, 0.5) is 0 Å². The van der Waals surface area contributed by atoms with E-state index in [0.717, 1.165) is 36.7 Å². The molecule has 3 aromatic heterocycles. The van der Waals surface area contributed by atoms with E-state index in [1.807, 2.05) is 24.4 Å². The van der Waals surface area contributed by atoms with Crippen LogP contribution in [0, 0.1) is 0 Å². The van der Waals surface area contributed by atoms with Gasteiger partial charge < -0.3 is 9.42 Å². The third-order valence-electron chi connectivity index (χ3n) is 4.09. The van der Waals surface area contributed by atoms with E-state index in [2.05, 4.69) is 39.2 Å². The predicted octanol–water partition coefficient (Wildman–Crippen LogP) is 1.91. The highest BCUT2D eigenvalue weighted by molar-refractivity contribution is 5.56. The van der Waals surface area contributed by atoms with Crippen LogP contribution in [0.25, 0.3) is 17.2 Å². The highest BCUT2D eigenvalue weighted by Gasteiger charge is 2.49. The molecule has 0 atom stereocenters. The van der Waals surface area contributed by atoms with Crippen LogP contribution in [-0.2, 0) is 5.41 Å². The summed E-state index contributed by atoms with van der Waals surface area (Å²) in [7, 11) is 4.13. The van der Waals surface area contributed by atoms with Crippen LogP contribution >= 0.6 is 0 Å². The van der Waals surface area contributed by atoms with E-state index in [1.165, 1.54) is 0 Å². The lowest BCUT2D eigenvalue weighted by Crippen LogP contribution is -2.26. The molecule has 7 heteroatoms. The first-order valence-electron chi connectivity index (χ1n) is 7.62. The SMILES string of the molecule is CN(C)CC1(c2nc(-c3ccnc(-n4cccn4)c3)no2)CC1. The Balaban J connectivity index is 1.64. The Labute approximate surface area is 134 Å². The number of likely N-dealkylation sites (N-methyl/N-ethyl adjacent to an activating group) is 1. The van der Waals surface area contributed by atoms with Crippen molar-refractivity contribution in [1.29, 1.82) is 0 Å². The molecule has 1 aliphatic carbocycles. The third-order valence-corrected chi connectivity index (χ3v) is 4.09. The van der Waals surface area contributed by atoms with Crippen LogP contribution in [0.1, 0.15) is 18.7 Å². The topological polar surface area (TPSA) is 72.9 Å². The maximum atomic E-state index is 5.55. The van der Waals surface area contributed by atoms with Crippen molar-refractivity contribution in [1.82, 2.24) is 29.8 Å². The molecule has 1 aliphatic rings.